The van der Waals surface area contributed by atoms with Gasteiger partial charge in [-0.15, -0.1) is 0 Å². The summed E-state index contributed by atoms with van der Waals surface area (Å²) in [5.74, 6) is 1.31. The Balaban J connectivity index is -0.00000141. The first-order chi connectivity index (χ1) is 62.0. The van der Waals surface area contributed by atoms with Crippen LogP contribution in [-0.4, -0.2) is 401 Å². The van der Waals surface area contributed by atoms with E-state index in [4.69, 9.17) is 67.4 Å². The highest BCUT2D eigenvalue weighted by molar-refractivity contribution is 5.69. The van der Waals surface area contributed by atoms with E-state index in [0.29, 0.717) is 92.4 Å². The molecular formula is C106H224N8O18. The molecule has 0 aromatic rings. The largest absolute Gasteiger partial charge is 0.463 e. The van der Waals surface area contributed by atoms with E-state index in [1.54, 1.807) is 0 Å². The molecule has 7 saturated heterocycles. The van der Waals surface area contributed by atoms with Crippen LogP contribution in [0.4, 0.5) is 0 Å². The molecule has 0 aliphatic carbocycles. The summed E-state index contributed by atoms with van der Waals surface area (Å²) in [5.41, 5.74) is -0.0205. The lowest BCUT2D eigenvalue weighted by Crippen LogP contribution is -2.49. The molecule has 26 nitrogen and oxygen atoms in total. The predicted molar refractivity (Wildman–Crippen MR) is 550 cm³/mol. The average molecular weight is 1900 g/mol. The van der Waals surface area contributed by atoms with Crippen molar-refractivity contribution in [2.45, 2.75) is 459 Å². The molecule has 6 N–H and O–H groups in total. The molecule has 7 atom stereocenters. The van der Waals surface area contributed by atoms with E-state index in [9.17, 15) is 20.1 Å². The van der Waals surface area contributed by atoms with Gasteiger partial charge in [0.25, 0.3) is 0 Å². The average Bonchev–Trinajstić information content (AvgIpc) is 0.861. The van der Waals surface area contributed by atoms with Crippen molar-refractivity contribution in [1.82, 2.24) is 39.2 Å². The fraction of sp³-hybridized carbons (Fsp3) is 0.991. The smallest absolute Gasteiger partial charge is 0.306 e. The molecule has 7 aliphatic heterocycles. The number of aliphatic hydroxyl groups is 6. The van der Waals surface area contributed by atoms with E-state index in [1.807, 2.05) is 90.0 Å². The zero-order valence-electron chi connectivity index (χ0n) is 92.3. The molecule has 0 amide bonds. The van der Waals surface area contributed by atoms with Crippen LogP contribution < -0.4 is 0 Å². The first kappa shape index (κ1) is 135. The van der Waals surface area contributed by atoms with Crippen molar-refractivity contribution in [2.75, 3.05) is 210 Å². The van der Waals surface area contributed by atoms with Gasteiger partial charge in [-0.25, -0.2) is 0 Å². The van der Waals surface area contributed by atoms with Crippen molar-refractivity contribution in [1.29, 1.82) is 0 Å². The zero-order chi connectivity index (χ0) is 101. The molecule has 7 aliphatic rings. The van der Waals surface area contributed by atoms with Gasteiger partial charge in [0.1, 0.15) is 0 Å². The van der Waals surface area contributed by atoms with Crippen molar-refractivity contribution < 1.29 is 87.5 Å². The third kappa shape index (κ3) is 87.5. The molecule has 4 unspecified atom stereocenters. The van der Waals surface area contributed by atoms with Gasteiger partial charge in [-0.1, -0.05) is 48.0 Å². The quantitative estimate of drug-likeness (QED) is 0.0244. The Morgan fingerprint density at radius 1 is 0.333 bits per heavy atom. The van der Waals surface area contributed by atoms with E-state index in [-0.39, 0.29) is 60.9 Å². The van der Waals surface area contributed by atoms with Crippen LogP contribution in [0.1, 0.15) is 344 Å². The summed E-state index contributed by atoms with van der Waals surface area (Å²) in [6, 6.07) is 0.694. The summed E-state index contributed by atoms with van der Waals surface area (Å²) >= 11 is 0. The third-order valence-electron chi connectivity index (χ3n) is 23.7. The Morgan fingerprint density at radius 2 is 0.629 bits per heavy atom. The third-order valence-corrected chi connectivity index (χ3v) is 23.7. The first-order valence-electron chi connectivity index (χ1n) is 53.3. The summed E-state index contributed by atoms with van der Waals surface area (Å²) in [5, 5.41) is 55.8. The topological polar surface area (TPSA) is 266 Å². The highest BCUT2D eigenvalue weighted by atomic mass is 16.5. The molecule has 0 aromatic carbocycles. The summed E-state index contributed by atoms with van der Waals surface area (Å²) in [6.07, 6.45) is 22.7. The Labute approximate surface area is 814 Å². The first-order valence-corrected chi connectivity index (χ1v) is 53.3. The maximum Gasteiger partial charge on any atom is 0.306 e. The van der Waals surface area contributed by atoms with Crippen LogP contribution in [0.15, 0.2) is 0 Å². The zero-order valence-corrected chi connectivity index (χ0v) is 92.3. The Hall–Kier alpha value is -1.49. The number of hydrogen-bond acceptors (Lipinski definition) is 26. The van der Waals surface area contributed by atoms with Gasteiger partial charge in [0.15, 0.2) is 0 Å². The number of carbonyl (C=O) groups excluding carboxylic acids is 1. The second-order valence-corrected chi connectivity index (χ2v) is 42.4. The number of rotatable bonds is 46. The lowest BCUT2D eigenvalue weighted by atomic mass is 9.75. The fourth-order valence-corrected chi connectivity index (χ4v) is 15.6. The number of hydrogen-bond donors (Lipinski definition) is 6. The molecule has 26 heteroatoms. The van der Waals surface area contributed by atoms with Crippen LogP contribution in [0.2, 0.25) is 0 Å². The fourth-order valence-electron chi connectivity index (χ4n) is 15.6. The maximum atomic E-state index is 11.3. The van der Waals surface area contributed by atoms with Crippen LogP contribution in [0, 0.1) is 17.3 Å². The van der Waals surface area contributed by atoms with Crippen molar-refractivity contribution in [3.63, 3.8) is 0 Å². The number of carbonyl (C=O) groups is 1. The molecule has 132 heavy (non-hydrogen) atoms. The molecule has 0 radical (unpaired) electrons. The van der Waals surface area contributed by atoms with E-state index < -0.39 is 5.60 Å². The van der Waals surface area contributed by atoms with Crippen LogP contribution >= 0.6 is 0 Å². The minimum absolute atomic E-state index is 0.0208. The van der Waals surface area contributed by atoms with Crippen molar-refractivity contribution in [2.24, 2.45) is 17.3 Å². The highest BCUT2D eigenvalue weighted by Crippen LogP contribution is 2.34. The van der Waals surface area contributed by atoms with Crippen LogP contribution in [-0.2, 0) is 56.9 Å². The number of likely N-dealkylation sites (tertiary alicyclic amines) is 5. The number of morpholine rings is 1. The number of nitrogens with zero attached hydrogens (tertiary/aromatic N) is 8. The summed E-state index contributed by atoms with van der Waals surface area (Å²) in [6.45, 7) is 98.1. The predicted octanol–water partition coefficient (Wildman–Crippen LogP) is 16.7. The molecule has 7 heterocycles. The van der Waals surface area contributed by atoms with Crippen LogP contribution in [0.25, 0.3) is 0 Å². The number of piperazine rings is 1. The number of aliphatic hydroxyl groups excluding tert-OH is 5. The normalized spacial score (nSPS) is 20.7. The van der Waals surface area contributed by atoms with Gasteiger partial charge in [-0.05, 0) is 365 Å². The minimum Gasteiger partial charge on any atom is -0.463 e. The standard InChI is InChI=1S/C15H31NO.C13H27NO2.C12H26N2O.C12H23NO2.3C11H23NO2.3C7H16O2/c1-13(2)17-12-6-9-16-10-7-14(8-11-16)15(3,4)5;1-11(2)16-10-9-14-7-5-12(6-8-14)13(3,4)15;1-11(2)14-7-5-13(6-8-14)9-10-15-12(3)4;1-11(2)15-12(14)7-6-10-13-8-4-3-5-9-13;1-9(2)13-6-5-12-7-10(3)14-11(4)8-12;2*1-10(2)14-8-4-7-12-6-3-5-11(13)9-12;3*1-4-7(8)5-9-6(2)3/h13-14H,6-12H2,1-5H3;11-12,15H,5-10H2,1-4H3;11-12H,5-10H2,1-4H3;11H,3-10H2,1-2H3;9-11H,5-8H2,1-4H3;2*10-11,13H,3-9H2,1-2H3;3*6-8H,4-5H2,1-3H3/t;;;;;11-;;2*7-;/m.....0.10./s1. The van der Waals surface area contributed by atoms with E-state index in [2.05, 4.69) is 171 Å². The minimum atomic E-state index is -0.513. The Kier molecular flexibility index (Phi) is 85.7. The molecule has 0 bridgehead atoms. The van der Waals surface area contributed by atoms with Gasteiger partial charge in [-0.3, -0.25) is 19.5 Å². The lowest BCUT2D eigenvalue weighted by molar-refractivity contribution is -0.147. The van der Waals surface area contributed by atoms with E-state index >= 15 is 0 Å². The molecule has 7 fully saturated rings. The number of piperidine rings is 5. The molecule has 0 saturated carbocycles. The number of β-amino-alcohol motifs (C(OH)–C–C–N with tert-alkyl or cyclic N) is 2. The summed E-state index contributed by atoms with van der Waals surface area (Å²) < 4.78 is 59.3. The summed E-state index contributed by atoms with van der Waals surface area (Å²) in [7, 11) is 0. The van der Waals surface area contributed by atoms with Crippen molar-refractivity contribution in [3.8, 4) is 0 Å². The summed E-state index contributed by atoms with van der Waals surface area (Å²) in [4.78, 5) is 30.9. The van der Waals surface area contributed by atoms with Gasteiger partial charge in [-0.2, -0.15) is 0 Å². The second kappa shape index (κ2) is 84.1. The molecular weight excluding hydrogens is 1670 g/mol. The van der Waals surface area contributed by atoms with Crippen LogP contribution in [0.3, 0.4) is 0 Å². The van der Waals surface area contributed by atoms with Gasteiger partial charge >= 0.3 is 5.97 Å². The van der Waals surface area contributed by atoms with Crippen molar-refractivity contribution >= 4 is 5.97 Å². The second-order valence-electron chi connectivity index (χ2n) is 42.4. The Bertz CT molecular complexity index is 2370. The molecule has 7 rings (SSSR count). The molecule has 0 spiro atoms. The van der Waals surface area contributed by atoms with Gasteiger partial charge in [0, 0.05) is 124 Å². The van der Waals surface area contributed by atoms with E-state index in [1.165, 1.54) is 97.4 Å². The number of ether oxygens (including phenoxy) is 11. The van der Waals surface area contributed by atoms with Gasteiger partial charge in [0.2, 0.25) is 0 Å². The molecule has 0 aromatic heterocycles. The number of esters is 1. The molecule has 796 valence electrons. The van der Waals surface area contributed by atoms with Gasteiger partial charge < -0.3 is 107 Å². The highest BCUT2D eigenvalue weighted by Gasteiger charge is 2.32. The lowest BCUT2D eigenvalue weighted by Gasteiger charge is -2.38. The van der Waals surface area contributed by atoms with E-state index in [0.717, 1.165) is 214 Å². The van der Waals surface area contributed by atoms with Crippen molar-refractivity contribution in [3.05, 3.63) is 0 Å². The van der Waals surface area contributed by atoms with Gasteiger partial charge in [0.05, 0.1) is 149 Å². The Morgan fingerprint density at radius 3 is 0.939 bits per heavy atom. The van der Waals surface area contributed by atoms with Crippen LogP contribution in [0.5, 0.6) is 0 Å². The monoisotopic (exact) mass is 1900 g/mol. The maximum absolute atomic E-state index is 11.3. The SMILES string of the molecule is CC(C)OC(=O)CCCN1CCCCC1.CC(C)OCCCN1CCC(C(C)(C)C)CC1.CC(C)OCCCN1CCCC(O)C1.CC(C)OCCCN1CCC[C@H](O)C1.CC(C)OCCN1CC(C)OC(C)C1.CC(C)OCCN1CCC(C(C)(C)O)CC1.CC(C)OCCN1CCN(C(C)C)CC1.CCC(O)COC(C)C.CC[C@@H](O)COC(C)C.CC[C@H](O)COC(C)C.